The molecule has 0 saturated carbocycles. The number of esters is 1. The fourth-order valence-corrected chi connectivity index (χ4v) is 3.00. The molecule has 0 aliphatic carbocycles. The molecular formula is C21H20N2O5. The molecule has 28 heavy (non-hydrogen) atoms. The van der Waals surface area contributed by atoms with Crippen molar-refractivity contribution in [3.8, 4) is 0 Å². The maximum Gasteiger partial charge on any atom is 0.329 e. The maximum absolute atomic E-state index is 12.4. The van der Waals surface area contributed by atoms with Crippen molar-refractivity contribution in [3.63, 3.8) is 0 Å². The van der Waals surface area contributed by atoms with Crippen LogP contribution >= 0.6 is 0 Å². The van der Waals surface area contributed by atoms with Gasteiger partial charge in [0.15, 0.2) is 6.61 Å². The second-order valence-electron chi connectivity index (χ2n) is 6.61. The molecule has 2 aromatic rings. The average Bonchev–Trinajstić information content (AvgIpc) is 2.94. The molecule has 1 atom stereocenters. The summed E-state index contributed by atoms with van der Waals surface area (Å²) in [6.45, 7) is 4.68. The molecule has 1 aliphatic heterocycles. The lowest BCUT2D eigenvalue weighted by molar-refractivity contribution is -0.150. The Kier molecular flexibility index (Phi) is 5.26. The number of carbonyl (C=O) groups is 4. The first kappa shape index (κ1) is 19.3. The van der Waals surface area contributed by atoms with Crippen molar-refractivity contribution in [3.05, 3.63) is 64.7 Å². The van der Waals surface area contributed by atoms with Crippen LogP contribution in [0, 0.1) is 13.8 Å². The summed E-state index contributed by atoms with van der Waals surface area (Å²) in [7, 11) is 0. The number of imide groups is 1. The Morgan fingerprint density at radius 3 is 2.21 bits per heavy atom. The number of benzene rings is 2. The Labute approximate surface area is 162 Å². The second-order valence-corrected chi connectivity index (χ2v) is 6.61. The van der Waals surface area contributed by atoms with Gasteiger partial charge in [-0.1, -0.05) is 24.3 Å². The smallest absolute Gasteiger partial charge is 0.329 e. The number of hydrogen-bond donors (Lipinski definition) is 1. The van der Waals surface area contributed by atoms with E-state index in [0.717, 1.165) is 16.0 Å². The van der Waals surface area contributed by atoms with Gasteiger partial charge in [0.2, 0.25) is 0 Å². The Morgan fingerprint density at radius 1 is 1.00 bits per heavy atom. The summed E-state index contributed by atoms with van der Waals surface area (Å²) in [5.41, 5.74) is 3.07. The zero-order chi connectivity index (χ0) is 20.4. The molecular weight excluding hydrogens is 360 g/mol. The molecule has 1 aliphatic rings. The van der Waals surface area contributed by atoms with Gasteiger partial charge in [0, 0.05) is 5.69 Å². The summed E-state index contributed by atoms with van der Waals surface area (Å²) in [6.07, 6.45) is 0. The minimum absolute atomic E-state index is 0.250. The number of rotatable bonds is 5. The number of nitrogens with one attached hydrogen (secondary N) is 1. The Hall–Kier alpha value is -3.48. The molecule has 0 aromatic heterocycles. The standard InChI is InChI=1S/C21H20N2O5/c1-12-7-6-10-17(13(12)2)22-18(24)11-28-21(27)14(3)23-19(25)15-8-4-5-9-16(15)20(23)26/h4-10,14H,11H2,1-3H3,(H,22,24)/t14-/m1/s1. The van der Waals surface area contributed by atoms with E-state index in [9.17, 15) is 19.2 Å². The van der Waals surface area contributed by atoms with Crippen LogP contribution in [0.5, 0.6) is 0 Å². The van der Waals surface area contributed by atoms with Gasteiger partial charge < -0.3 is 10.1 Å². The van der Waals surface area contributed by atoms with Gasteiger partial charge in [-0.05, 0) is 50.1 Å². The van der Waals surface area contributed by atoms with Crippen molar-refractivity contribution in [2.75, 3.05) is 11.9 Å². The van der Waals surface area contributed by atoms with Gasteiger partial charge >= 0.3 is 5.97 Å². The van der Waals surface area contributed by atoms with Gasteiger partial charge in [-0.3, -0.25) is 19.3 Å². The Bertz CT molecular complexity index is 948. The van der Waals surface area contributed by atoms with Crippen LogP contribution < -0.4 is 5.32 Å². The highest BCUT2D eigenvalue weighted by molar-refractivity contribution is 6.22. The summed E-state index contributed by atoms with van der Waals surface area (Å²) in [5, 5.41) is 2.68. The van der Waals surface area contributed by atoms with Crippen LogP contribution in [0.15, 0.2) is 42.5 Å². The van der Waals surface area contributed by atoms with Gasteiger partial charge in [-0.15, -0.1) is 0 Å². The number of aryl methyl sites for hydroxylation is 1. The number of amides is 3. The lowest BCUT2D eigenvalue weighted by Crippen LogP contribution is -2.44. The van der Waals surface area contributed by atoms with Crippen molar-refractivity contribution in [2.45, 2.75) is 26.8 Å². The number of hydrogen-bond acceptors (Lipinski definition) is 5. The second kappa shape index (κ2) is 7.64. The quantitative estimate of drug-likeness (QED) is 0.635. The molecule has 7 heteroatoms. The molecule has 2 aromatic carbocycles. The number of nitrogens with zero attached hydrogens (tertiary/aromatic N) is 1. The number of carbonyl (C=O) groups excluding carboxylic acids is 4. The van der Waals surface area contributed by atoms with Crippen molar-refractivity contribution >= 4 is 29.4 Å². The van der Waals surface area contributed by atoms with Crippen LogP contribution in [-0.4, -0.2) is 41.2 Å². The number of ether oxygens (including phenoxy) is 1. The third-order valence-electron chi connectivity index (χ3n) is 4.78. The third-order valence-corrected chi connectivity index (χ3v) is 4.78. The summed E-state index contributed by atoms with van der Waals surface area (Å²) in [5.74, 6) is -2.43. The fourth-order valence-electron chi connectivity index (χ4n) is 3.00. The van der Waals surface area contributed by atoms with Crippen molar-refractivity contribution in [2.24, 2.45) is 0 Å². The lowest BCUT2D eigenvalue weighted by atomic mass is 10.1. The summed E-state index contributed by atoms with van der Waals surface area (Å²) in [4.78, 5) is 50.1. The molecule has 7 nitrogen and oxygen atoms in total. The fraction of sp³-hybridized carbons (Fsp3) is 0.238. The minimum Gasteiger partial charge on any atom is -0.454 e. The minimum atomic E-state index is -1.14. The van der Waals surface area contributed by atoms with Gasteiger partial charge in [0.05, 0.1) is 11.1 Å². The van der Waals surface area contributed by atoms with E-state index >= 15 is 0 Å². The van der Waals surface area contributed by atoms with Crippen LogP contribution in [0.4, 0.5) is 5.69 Å². The zero-order valence-electron chi connectivity index (χ0n) is 15.8. The summed E-state index contributed by atoms with van der Waals surface area (Å²) >= 11 is 0. The largest absolute Gasteiger partial charge is 0.454 e. The first-order valence-corrected chi connectivity index (χ1v) is 8.81. The highest BCUT2D eigenvalue weighted by Crippen LogP contribution is 2.24. The molecule has 3 amide bonds. The van der Waals surface area contributed by atoms with Crippen molar-refractivity contribution in [1.82, 2.24) is 4.90 Å². The first-order chi connectivity index (χ1) is 13.3. The van der Waals surface area contributed by atoms with Crippen LogP contribution in [0.25, 0.3) is 0 Å². The predicted molar refractivity (Wildman–Crippen MR) is 102 cm³/mol. The number of anilines is 1. The summed E-state index contributed by atoms with van der Waals surface area (Å²) in [6, 6.07) is 10.7. The highest BCUT2D eigenvalue weighted by atomic mass is 16.5. The molecule has 0 unspecified atom stereocenters. The van der Waals surface area contributed by atoms with E-state index < -0.39 is 36.3 Å². The van der Waals surface area contributed by atoms with E-state index in [1.165, 1.54) is 19.1 Å². The molecule has 1 heterocycles. The van der Waals surface area contributed by atoms with E-state index in [1.807, 2.05) is 26.0 Å². The average molecular weight is 380 g/mol. The van der Waals surface area contributed by atoms with E-state index in [1.54, 1.807) is 18.2 Å². The molecule has 144 valence electrons. The number of fused-ring (bicyclic) bond motifs is 1. The Morgan fingerprint density at radius 2 is 1.61 bits per heavy atom. The van der Waals surface area contributed by atoms with Gasteiger partial charge in [-0.2, -0.15) is 0 Å². The maximum atomic E-state index is 12.4. The first-order valence-electron chi connectivity index (χ1n) is 8.81. The van der Waals surface area contributed by atoms with Crippen molar-refractivity contribution < 1.29 is 23.9 Å². The molecule has 0 radical (unpaired) electrons. The van der Waals surface area contributed by atoms with Crippen LogP contribution in [0.2, 0.25) is 0 Å². The van der Waals surface area contributed by atoms with Gasteiger partial charge in [0.25, 0.3) is 17.7 Å². The van der Waals surface area contributed by atoms with E-state index in [2.05, 4.69) is 5.32 Å². The molecule has 1 N–H and O–H groups in total. The normalized spacial score (nSPS) is 13.9. The molecule has 0 fully saturated rings. The van der Waals surface area contributed by atoms with Gasteiger partial charge in [-0.25, -0.2) is 4.79 Å². The zero-order valence-corrected chi connectivity index (χ0v) is 15.8. The van der Waals surface area contributed by atoms with E-state index in [-0.39, 0.29) is 11.1 Å². The van der Waals surface area contributed by atoms with Crippen molar-refractivity contribution in [1.29, 1.82) is 0 Å². The monoisotopic (exact) mass is 380 g/mol. The molecule has 3 rings (SSSR count). The van der Waals surface area contributed by atoms with Crippen LogP contribution in [-0.2, 0) is 14.3 Å². The van der Waals surface area contributed by atoms with E-state index in [0.29, 0.717) is 5.69 Å². The van der Waals surface area contributed by atoms with Crippen LogP contribution in [0.3, 0.4) is 0 Å². The lowest BCUT2D eigenvalue weighted by Gasteiger charge is -2.20. The molecule has 0 saturated heterocycles. The van der Waals surface area contributed by atoms with E-state index in [4.69, 9.17) is 4.74 Å². The summed E-state index contributed by atoms with van der Waals surface area (Å²) < 4.78 is 5.02. The van der Waals surface area contributed by atoms with Gasteiger partial charge in [0.1, 0.15) is 6.04 Å². The SMILES string of the molecule is Cc1cccc(NC(=O)COC(=O)[C@@H](C)N2C(=O)c3ccccc3C2=O)c1C. The molecule has 0 spiro atoms. The molecule has 0 bridgehead atoms. The van der Waals surface area contributed by atoms with Crippen LogP contribution in [0.1, 0.15) is 38.8 Å². The topological polar surface area (TPSA) is 92.8 Å². The third kappa shape index (κ3) is 3.51. The Balaban J connectivity index is 1.61. The predicted octanol–water partition coefficient (Wildman–Crippen LogP) is 2.47. The highest BCUT2D eigenvalue weighted by Gasteiger charge is 2.41.